The highest BCUT2D eigenvalue weighted by molar-refractivity contribution is 7.14. The molecule has 17 heavy (non-hydrogen) atoms. The Morgan fingerprint density at radius 3 is 2.41 bits per heavy atom. The molecular weight excluding hydrogens is 232 g/mol. The maximum Gasteiger partial charge on any atom is 0.205 e. The number of carbonyl (C=O) groups excluding carboxylic acids is 1. The Morgan fingerprint density at radius 2 is 1.88 bits per heavy atom. The highest BCUT2D eigenvalue weighted by Gasteiger charge is 2.22. The molecule has 1 heterocycles. The Kier molecular flexibility index (Phi) is 3.71. The number of carbonyl (C=O) groups is 1. The van der Waals surface area contributed by atoms with E-state index in [4.69, 9.17) is 4.74 Å². The first-order valence-corrected chi connectivity index (χ1v) is 6.22. The van der Waals surface area contributed by atoms with Crippen LogP contribution in [0.3, 0.4) is 0 Å². The van der Waals surface area contributed by atoms with Gasteiger partial charge in [0, 0.05) is 12.0 Å². The van der Waals surface area contributed by atoms with Crippen LogP contribution in [0.5, 0.6) is 0 Å². The number of Topliss-reactive ketones (excluding diaryl/α,β-unsaturated/α-hetero) is 1. The van der Waals surface area contributed by atoms with E-state index in [2.05, 4.69) is 0 Å². The van der Waals surface area contributed by atoms with E-state index >= 15 is 0 Å². The molecule has 1 aromatic heterocycles. The van der Waals surface area contributed by atoms with Gasteiger partial charge in [-0.3, -0.25) is 4.79 Å². The molecule has 0 bridgehead atoms. The van der Waals surface area contributed by atoms with Crippen LogP contribution in [0.2, 0.25) is 0 Å². The molecule has 0 N–H and O–H groups in total. The molecule has 0 aliphatic rings. The van der Waals surface area contributed by atoms with Crippen LogP contribution in [-0.4, -0.2) is 12.9 Å². The largest absolute Gasteiger partial charge is 0.368 e. The van der Waals surface area contributed by atoms with Crippen LogP contribution in [0.1, 0.15) is 26.2 Å². The number of hydrogen-bond donors (Lipinski definition) is 0. The molecule has 0 fully saturated rings. The lowest BCUT2D eigenvalue weighted by Crippen LogP contribution is -2.13. The molecule has 0 radical (unpaired) electrons. The number of aryl methyl sites for hydroxylation is 1. The van der Waals surface area contributed by atoms with Crippen LogP contribution in [0.4, 0.5) is 0 Å². The van der Waals surface area contributed by atoms with Crippen molar-refractivity contribution >= 4 is 17.1 Å². The van der Waals surface area contributed by atoms with Gasteiger partial charge >= 0.3 is 0 Å². The summed E-state index contributed by atoms with van der Waals surface area (Å²) in [4.78, 5) is 14.2. The second kappa shape index (κ2) is 5.25. The summed E-state index contributed by atoms with van der Waals surface area (Å²) < 4.78 is 5.32. The van der Waals surface area contributed by atoms with Gasteiger partial charge in [-0.05, 0) is 24.6 Å². The Hall–Kier alpha value is -1.45. The fourth-order valence-electron chi connectivity index (χ4n) is 1.72. The van der Waals surface area contributed by atoms with Crippen molar-refractivity contribution in [3.8, 4) is 0 Å². The van der Waals surface area contributed by atoms with E-state index in [-0.39, 0.29) is 5.78 Å². The van der Waals surface area contributed by atoms with Gasteiger partial charge in [-0.25, -0.2) is 0 Å². The van der Waals surface area contributed by atoms with Gasteiger partial charge in [0.15, 0.2) is 0 Å². The summed E-state index contributed by atoms with van der Waals surface area (Å²) in [6.07, 6.45) is -0.505. The molecule has 1 atom stereocenters. The molecule has 2 aromatic rings. The van der Waals surface area contributed by atoms with Crippen LogP contribution in [0.25, 0.3) is 0 Å². The number of rotatable bonds is 4. The van der Waals surface area contributed by atoms with Gasteiger partial charge in [0.1, 0.15) is 6.10 Å². The van der Waals surface area contributed by atoms with Crippen LogP contribution >= 0.6 is 11.3 Å². The van der Waals surface area contributed by atoms with E-state index < -0.39 is 6.10 Å². The lowest BCUT2D eigenvalue weighted by atomic mass is 10.0. The second-order valence-corrected chi connectivity index (χ2v) is 5.09. The first kappa shape index (κ1) is 12.0. The third kappa shape index (κ3) is 2.62. The van der Waals surface area contributed by atoms with E-state index in [0.717, 1.165) is 15.3 Å². The molecule has 2 rings (SSSR count). The van der Waals surface area contributed by atoms with E-state index in [1.807, 2.05) is 49.4 Å². The maximum atomic E-state index is 12.3. The lowest BCUT2D eigenvalue weighted by molar-refractivity contribution is 0.0609. The van der Waals surface area contributed by atoms with E-state index in [9.17, 15) is 4.79 Å². The average Bonchev–Trinajstić information content (AvgIpc) is 2.78. The molecule has 0 aliphatic heterocycles. The van der Waals surface area contributed by atoms with Gasteiger partial charge in [0.25, 0.3) is 0 Å². The lowest BCUT2D eigenvalue weighted by Gasteiger charge is -2.13. The first-order chi connectivity index (χ1) is 8.22. The van der Waals surface area contributed by atoms with Crippen molar-refractivity contribution < 1.29 is 9.53 Å². The quantitative estimate of drug-likeness (QED) is 0.770. The van der Waals surface area contributed by atoms with Crippen LogP contribution in [0, 0.1) is 6.92 Å². The summed E-state index contributed by atoms with van der Waals surface area (Å²) in [6, 6.07) is 13.4. The number of methoxy groups -OCH3 is 1. The predicted octanol–water partition coefficient (Wildman–Crippen LogP) is 3.63. The van der Waals surface area contributed by atoms with Crippen LogP contribution in [-0.2, 0) is 4.74 Å². The van der Waals surface area contributed by atoms with Gasteiger partial charge in [-0.1, -0.05) is 30.3 Å². The first-order valence-electron chi connectivity index (χ1n) is 5.41. The summed E-state index contributed by atoms with van der Waals surface area (Å²) >= 11 is 1.50. The Morgan fingerprint density at radius 1 is 1.18 bits per heavy atom. The highest BCUT2D eigenvalue weighted by atomic mass is 32.1. The number of ether oxygens (including phenoxy) is 1. The van der Waals surface area contributed by atoms with Crippen molar-refractivity contribution in [2.24, 2.45) is 0 Å². The van der Waals surface area contributed by atoms with E-state index in [0.29, 0.717) is 0 Å². The molecular formula is C14H14O2S. The number of benzene rings is 1. The Balaban J connectivity index is 2.28. The van der Waals surface area contributed by atoms with Crippen molar-refractivity contribution in [3.63, 3.8) is 0 Å². The van der Waals surface area contributed by atoms with Gasteiger partial charge in [0.2, 0.25) is 5.78 Å². The molecule has 1 unspecified atom stereocenters. The summed E-state index contributed by atoms with van der Waals surface area (Å²) in [5.41, 5.74) is 0.894. The summed E-state index contributed by atoms with van der Waals surface area (Å²) in [5, 5.41) is 0. The molecule has 0 aliphatic carbocycles. The topological polar surface area (TPSA) is 26.3 Å². The fourth-order valence-corrected chi connectivity index (χ4v) is 2.55. The van der Waals surface area contributed by atoms with Crippen molar-refractivity contribution in [2.45, 2.75) is 13.0 Å². The zero-order valence-corrected chi connectivity index (χ0v) is 10.7. The smallest absolute Gasteiger partial charge is 0.205 e. The number of hydrogen-bond acceptors (Lipinski definition) is 3. The SMILES string of the molecule is COC(C(=O)c1ccc(C)s1)c1ccccc1. The van der Waals surface area contributed by atoms with Crippen LogP contribution < -0.4 is 0 Å². The van der Waals surface area contributed by atoms with Gasteiger partial charge < -0.3 is 4.74 Å². The van der Waals surface area contributed by atoms with Crippen molar-refractivity contribution in [1.82, 2.24) is 0 Å². The maximum absolute atomic E-state index is 12.3. The van der Waals surface area contributed by atoms with Gasteiger partial charge in [0.05, 0.1) is 4.88 Å². The molecule has 1 aromatic carbocycles. The van der Waals surface area contributed by atoms with Crippen molar-refractivity contribution in [3.05, 3.63) is 57.8 Å². The molecule has 0 saturated heterocycles. The zero-order chi connectivity index (χ0) is 12.3. The molecule has 0 spiro atoms. The highest BCUT2D eigenvalue weighted by Crippen LogP contribution is 2.25. The Labute approximate surface area is 105 Å². The molecule has 88 valence electrons. The third-order valence-corrected chi connectivity index (χ3v) is 3.57. The fraction of sp³-hybridized carbons (Fsp3) is 0.214. The number of ketones is 1. The van der Waals surface area contributed by atoms with Crippen LogP contribution in [0.15, 0.2) is 42.5 Å². The monoisotopic (exact) mass is 246 g/mol. The summed E-state index contributed by atoms with van der Waals surface area (Å²) in [6.45, 7) is 1.99. The molecule has 0 saturated carbocycles. The summed E-state index contributed by atoms with van der Waals surface area (Å²) in [5.74, 6) is 0.0248. The minimum Gasteiger partial charge on any atom is -0.368 e. The zero-order valence-electron chi connectivity index (χ0n) is 9.84. The third-order valence-electron chi connectivity index (χ3n) is 2.56. The van der Waals surface area contributed by atoms with Gasteiger partial charge in [-0.15, -0.1) is 11.3 Å². The molecule has 3 heteroatoms. The van der Waals surface area contributed by atoms with E-state index in [1.54, 1.807) is 7.11 Å². The normalized spacial score (nSPS) is 12.4. The van der Waals surface area contributed by atoms with E-state index in [1.165, 1.54) is 11.3 Å². The standard InChI is InChI=1S/C14H14O2S/c1-10-8-9-12(17-10)13(15)14(16-2)11-6-4-3-5-7-11/h3-9,14H,1-2H3. The molecule has 0 amide bonds. The van der Waals surface area contributed by atoms with Gasteiger partial charge in [-0.2, -0.15) is 0 Å². The van der Waals surface area contributed by atoms with Crippen molar-refractivity contribution in [2.75, 3.05) is 7.11 Å². The summed E-state index contributed by atoms with van der Waals surface area (Å²) in [7, 11) is 1.57. The second-order valence-electron chi connectivity index (χ2n) is 3.80. The minimum absolute atomic E-state index is 0.0248. The van der Waals surface area contributed by atoms with Crippen molar-refractivity contribution in [1.29, 1.82) is 0 Å². The predicted molar refractivity (Wildman–Crippen MR) is 69.6 cm³/mol. The molecule has 2 nitrogen and oxygen atoms in total. The minimum atomic E-state index is -0.505. The average molecular weight is 246 g/mol. The number of thiophene rings is 1. The Bertz CT molecular complexity index is 502.